The molecule has 13 heavy (non-hydrogen) atoms. The topological polar surface area (TPSA) is 20.3 Å². The quantitative estimate of drug-likeness (QED) is 0.691. The second kappa shape index (κ2) is 4.65. The van der Waals surface area contributed by atoms with E-state index < -0.39 is 0 Å². The van der Waals surface area contributed by atoms with Gasteiger partial charge < -0.3 is 4.90 Å². The fraction of sp³-hybridized carbons (Fsp3) is 0.273. The van der Waals surface area contributed by atoms with Crippen LogP contribution in [0.3, 0.4) is 0 Å². The molecule has 0 aliphatic rings. The molecule has 2 nitrogen and oxygen atoms in total. The number of para-hydroxylation sites is 1. The van der Waals surface area contributed by atoms with Crippen LogP contribution in [0.15, 0.2) is 30.3 Å². The molecule has 0 aromatic heterocycles. The van der Waals surface area contributed by atoms with E-state index in [1.54, 1.807) is 18.4 Å². The third-order valence-corrected chi connectivity index (χ3v) is 1.85. The molecule has 2 heteroatoms. The molecular weight excluding hydrogens is 162 g/mol. The molecule has 0 atom stereocenters. The van der Waals surface area contributed by atoms with Crippen molar-refractivity contribution in [2.24, 2.45) is 0 Å². The minimum Gasteiger partial charge on any atom is -0.315 e. The SMILES string of the molecule is CC[CH]C(=O)N(C)c1ccccc1. The van der Waals surface area contributed by atoms with Gasteiger partial charge in [-0.15, -0.1) is 0 Å². The molecule has 0 spiro atoms. The number of nitrogens with zero attached hydrogens (tertiary/aromatic N) is 1. The van der Waals surface area contributed by atoms with Crippen LogP contribution in [0.25, 0.3) is 0 Å². The minimum absolute atomic E-state index is 0.0497. The molecule has 0 fully saturated rings. The van der Waals surface area contributed by atoms with Crippen LogP contribution in [-0.4, -0.2) is 13.0 Å². The predicted molar refractivity (Wildman–Crippen MR) is 54.4 cm³/mol. The Balaban J connectivity index is 2.68. The predicted octanol–water partition coefficient (Wildman–Crippen LogP) is 2.26. The van der Waals surface area contributed by atoms with Crippen molar-refractivity contribution < 1.29 is 4.79 Å². The summed E-state index contributed by atoms with van der Waals surface area (Å²) in [5.41, 5.74) is 0.928. The average Bonchev–Trinajstić information content (AvgIpc) is 2.18. The van der Waals surface area contributed by atoms with Gasteiger partial charge in [0, 0.05) is 19.2 Å². The first-order valence-corrected chi connectivity index (χ1v) is 4.41. The van der Waals surface area contributed by atoms with Crippen molar-refractivity contribution in [2.45, 2.75) is 13.3 Å². The Hall–Kier alpha value is -1.31. The molecule has 0 aliphatic heterocycles. The van der Waals surface area contributed by atoms with Crippen LogP contribution in [0.2, 0.25) is 0 Å². The third-order valence-electron chi connectivity index (χ3n) is 1.85. The summed E-state index contributed by atoms with van der Waals surface area (Å²) in [5, 5.41) is 0. The van der Waals surface area contributed by atoms with Crippen LogP contribution >= 0.6 is 0 Å². The molecular formula is C11H14NO. The fourth-order valence-corrected chi connectivity index (χ4v) is 1.09. The Morgan fingerprint density at radius 2 is 2.00 bits per heavy atom. The maximum Gasteiger partial charge on any atom is 0.230 e. The van der Waals surface area contributed by atoms with E-state index in [0.29, 0.717) is 0 Å². The summed E-state index contributed by atoms with van der Waals surface area (Å²) >= 11 is 0. The van der Waals surface area contributed by atoms with Crippen LogP contribution in [0.5, 0.6) is 0 Å². The molecule has 1 aromatic rings. The summed E-state index contributed by atoms with van der Waals surface area (Å²) in [5.74, 6) is 0.0497. The third kappa shape index (κ3) is 2.58. The molecule has 0 bridgehead atoms. The lowest BCUT2D eigenvalue weighted by atomic mass is 10.2. The van der Waals surface area contributed by atoms with E-state index >= 15 is 0 Å². The zero-order valence-electron chi connectivity index (χ0n) is 8.03. The van der Waals surface area contributed by atoms with Crippen LogP contribution in [0, 0.1) is 6.42 Å². The average molecular weight is 176 g/mol. The van der Waals surface area contributed by atoms with Gasteiger partial charge >= 0.3 is 0 Å². The first-order chi connectivity index (χ1) is 6.25. The van der Waals surface area contributed by atoms with Crippen molar-refractivity contribution in [1.82, 2.24) is 0 Å². The molecule has 1 amide bonds. The highest BCUT2D eigenvalue weighted by Gasteiger charge is 2.08. The van der Waals surface area contributed by atoms with Gasteiger partial charge in [0.2, 0.25) is 5.91 Å². The van der Waals surface area contributed by atoms with Crippen molar-refractivity contribution in [2.75, 3.05) is 11.9 Å². The smallest absolute Gasteiger partial charge is 0.230 e. The zero-order chi connectivity index (χ0) is 9.68. The fourth-order valence-electron chi connectivity index (χ4n) is 1.09. The normalized spacial score (nSPS) is 9.69. The lowest BCUT2D eigenvalue weighted by Crippen LogP contribution is -2.25. The Labute approximate surface area is 79.2 Å². The molecule has 0 N–H and O–H groups in total. The second-order valence-electron chi connectivity index (χ2n) is 2.85. The van der Waals surface area contributed by atoms with Gasteiger partial charge in [0.25, 0.3) is 0 Å². The maximum atomic E-state index is 11.4. The molecule has 69 valence electrons. The number of rotatable bonds is 3. The van der Waals surface area contributed by atoms with Gasteiger partial charge in [0.1, 0.15) is 0 Å². The molecule has 0 unspecified atom stereocenters. The van der Waals surface area contributed by atoms with Gasteiger partial charge in [0.15, 0.2) is 0 Å². The van der Waals surface area contributed by atoms with Crippen molar-refractivity contribution >= 4 is 11.6 Å². The summed E-state index contributed by atoms with van der Waals surface area (Å²) in [4.78, 5) is 13.1. The highest BCUT2D eigenvalue weighted by Crippen LogP contribution is 2.11. The van der Waals surface area contributed by atoms with Crippen molar-refractivity contribution in [3.63, 3.8) is 0 Å². The van der Waals surface area contributed by atoms with E-state index in [-0.39, 0.29) is 5.91 Å². The van der Waals surface area contributed by atoms with Gasteiger partial charge in [-0.2, -0.15) is 0 Å². The van der Waals surface area contributed by atoms with Crippen molar-refractivity contribution in [3.8, 4) is 0 Å². The molecule has 1 radical (unpaired) electrons. The first kappa shape index (κ1) is 9.78. The molecule has 0 heterocycles. The summed E-state index contributed by atoms with van der Waals surface area (Å²) in [6, 6.07) is 9.62. The summed E-state index contributed by atoms with van der Waals surface area (Å²) in [7, 11) is 1.78. The maximum absolute atomic E-state index is 11.4. The van der Waals surface area contributed by atoms with Gasteiger partial charge in [-0.3, -0.25) is 4.79 Å². The van der Waals surface area contributed by atoms with E-state index in [1.807, 2.05) is 37.3 Å². The van der Waals surface area contributed by atoms with Gasteiger partial charge in [0.05, 0.1) is 0 Å². The second-order valence-corrected chi connectivity index (χ2v) is 2.85. The number of benzene rings is 1. The highest BCUT2D eigenvalue weighted by molar-refractivity contribution is 5.98. The lowest BCUT2D eigenvalue weighted by molar-refractivity contribution is -0.115. The molecule has 0 aliphatic carbocycles. The molecule has 0 saturated heterocycles. The largest absolute Gasteiger partial charge is 0.315 e. The highest BCUT2D eigenvalue weighted by atomic mass is 16.2. The van der Waals surface area contributed by atoms with Crippen LogP contribution in [-0.2, 0) is 4.79 Å². The van der Waals surface area contributed by atoms with Crippen LogP contribution in [0.1, 0.15) is 13.3 Å². The molecule has 1 aromatic carbocycles. The number of carbonyl (C=O) groups excluding carboxylic acids is 1. The minimum atomic E-state index is 0.0497. The van der Waals surface area contributed by atoms with E-state index in [2.05, 4.69) is 0 Å². The Bertz CT molecular complexity index is 269. The Morgan fingerprint density at radius 3 is 2.54 bits per heavy atom. The van der Waals surface area contributed by atoms with E-state index in [9.17, 15) is 4.79 Å². The summed E-state index contributed by atoms with van der Waals surface area (Å²) < 4.78 is 0. The summed E-state index contributed by atoms with van der Waals surface area (Å²) in [6.45, 7) is 1.96. The Kier molecular flexibility index (Phi) is 3.50. The van der Waals surface area contributed by atoms with Gasteiger partial charge in [-0.05, 0) is 18.6 Å². The number of anilines is 1. The van der Waals surface area contributed by atoms with Crippen molar-refractivity contribution in [3.05, 3.63) is 36.8 Å². The van der Waals surface area contributed by atoms with Gasteiger partial charge in [-0.25, -0.2) is 0 Å². The first-order valence-electron chi connectivity index (χ1n) is 4.41. The Morgan fingerprint density at radius 1 is 1.38 bits per heavy atom. The van der Waals surface area contributed by atoms with Crippen LogP contribution in [0.4, 0.5) is 5.69 Å². The number of amides is 1. The number of hydrogen-bond acceptors (Lipinski definition) is 1. The van der Waals surface area contributed by atoms with Crippen LogP contribution < -0.4 is 4.90 Å². The lowest BCUT2D eigenvalue weighted by Gasteiger charge is -2.16. The summed E-state index contributed by atoms with van der Waals surface area (Å²) in [6.07, 6.45) is 2.45. The molecule has 0 saturated carbocycles. The molecule has 1 rings (SSSR count). The van der Waals surface area contributed by atoms with E-state index in [4.69, 9.17) is 0 Å². The standard InChI is InChI=1S/C11H14NO/c1-3-7-11(13)12(2)10-8-5-4-6-9-10/h4-9H,3H2,1-2H3. The van der Waals surface area contributed by atoms with E-state index in [1.165, 1.54) is 0 Å². The number of carbonyl (C=O) groups is 1. The zero-order valence-corrected chi connectivity index (χ0v) is 8.03. The monoisotopic (exact) mass is 176 g/mol. The van der Waals surface area contributed by atoms with Gasteiger partial charge in [-0.1, -0.05) is 25.1 Å². The van der Waals surface area contributed by atoms with Crippen molar-refractivity contribution in [1.29, 1.82) is 0 Å². The van der Waals surface area contributed by atoms with E-state index in [0.717, 1.165) is 12.1 Å². The number of hydrogen-bond donors (Lipinski definition) is 0.